The fourth-order valence-electron chi connectivity index (χ4n) is 3.87. The van der Waals surface area contributed by atoms with Crippen LogP contribution < -0.4 is 0 Å². The van der Waals surface area contributed by atoms with Crippen molar-refractivity contribution in [2.75, 3.05) is 0 Å². The van der Waals surface area contributed by atoms with Crippen LogP contribution in [0.15, 0.2) is 60.9 Å². The molecule has 0 aliphatic carbocycles. The summed E-state index contributed by atoms with van der Waals surface area (Å²) in [4.78, 5) is 43.9. The van der Waals surface area contributed by atoms with Gasteiger partial charge in [0, 0.05) is 30.0 Å². The number of fused-ring (bicyclic) bond motifs is 1. The third kappa shape index (κ3) is 3.37. The molecule has 1 aliphatic rings. The molecule has 1 aromatic heterocycles. The Hall–Kier alpha value is -3.45. The number of aromatic nitrogens is 2. The smallest absolute Gasteiger partial charge is 0.304 e. The van der Waals surface area contributed by atoms with Crippen molar-refractivity contribution in [1.29, 1.82) is 0 Å². The highest BCUT2D eigenvalue weighted by atomic mass is 35.5. The first-order valence-corrected chi connectivity index (χ1v) is 9.67. The lowest BCUT2D eigenvalue weighted by molar-refractivity contribution is -0.142. The molecule has 0 bridgehead atoms. The maximum absolute atomic E-state index is 13.5. The van der Waals surface area contributed by atoms with Gasteiger partial charge in [0.15, 0.2) is 0 Å². The highest BCUT2D eigenvalue weighted by Crippen LogP contribution is 2.39. The summed E-state index contributed by atoms with van der Waals surface area (Å²) in [5.74, 6) is -2.70. The van der Waals surface area contributed by atoms with Gasteiger partial charge < -0.3 is 9.67 Å². The largest absolute Gasteiger partial charge is 0.481 e. The summed E-state index contributed by atoms with van der Waals surface area (Å²) in [6.45, 7) is 0. The van der Waals surface area contributed by atoms with E-state index in [-0.39, 0.29) is 0 Å². The number of carbonyl (C=O) groups is 3. The molecule has 7 nitrogen and oxygen atoms in total. The molecule has 1 N–H and O–H groups in total. The molecule has 2 heterocycles. The number of nitrogens with zero attached hydrogens (tertiary/aromatic N) is 3. The standard InChI is InChI=1S/C22H18ClN3O4/c1-25-10-9-24-20(25)19(13-5-4-6-14(23)11-13)26-21(29)16-8-3-2-7-15(16)17(22(26)30)12-18(27)28/h2-11,17,19H,12H2,1H3,(H,27,28). The first-order valence-electron chi connectivity index (χ1n) is 9.29. The van der Waals surface area contributed by atoms with Crippen LogP contribution in [0.2, 0.25) is 5.02 Å². The first-order chi connectivity index (χ1) is 14.4. The van der Waals surface area contributed by atoms with Crippen LogP contribution in [-0.2, 0) is 16.6 Å². The Kier molecular flexibility index (Phi) is 5.13. The van der Waals surface area contributed by atoms with E-state index in [0.717, 1.165) is 4.90 Å². The van der Waals surface area contributed by atoms with Crippen molar-refractivity contribution >= 4 is 29.4 Å². The molecule has 3 aromatic rings. The number of hydrogen-bond acceptors (Lipinski definition) is 4. The molecule has 2 unspecified atom stereocenters. The molecule has 0 saturated carbocycles. The van der Waals surface area contributed by atoms with E-state index >= 15 is 0 Å². The molecule has 2 aromatic carbocycles. The minimum Gasteiger partial charge on any atom is -0.481 e. The van der Waals surface area contributed by atoms with Crippen molar-refractivity contribution in [3.63, 3.8) is 0 Å². The molecule has 2 amide bonds. The van der Waals surface area contributed by atoms with Crippen molar-refractivity contribution in [2.24, 2.45) is 7.05 Å². The van der Waals surface area contributed by atoms with E-state index in [2.05, 4.69) is 4.98 Å². The predicted molar refractivity (Wildman–Crippen MR) is 109 cm³/mol. The number of carboxylic acid groups (broad SMARTS) is 1. The number of imidazole rings is 1. The van der Waals surface area contributed by atoms with Crippen LogP contribution in [0.25, 0.3) is 0 Å². The Labute approximate surface area is 177 Å². The van der Waals surface area contributed by atoms with Gasteiger partial charge in [-0.3, -0.25) is 19.3 Å². The van der Waals surface area contributed by atoms with Crippen molar-refractivity contribution in [3.05, 3.63) is 88.5 Å². The number of halogens is 1. The Balaban J connectivity index is 1.92. The molecule has 30 heavy (non-hydrogen) atoms. The maximum Gasteiger partial charge on any atom is 0.304 e. The normalized spacial score (nSPS) is 17.0. The molecule has 0 radical (unpaired) electrons. The van der Waals surface area contributed by atoms with Crippen molar-refractivity contribution in [2.45, 2.75) is 18.4 Å². The van der Waals surface area contributed by atoms with Gasteiger partial charge in [-0.25, -0.2) is 4.98 Å². The second kappa shape index (κ2) is 7.76. The second-order valence-corrected chi connectivity index (χ2v) is 7.54. The Morgan fingerprint density at radius 1 is 1.20 bits per heavy atom. The molecule has 8 heteroatoms. The number of aliphatic carboxylic acids is 1. The zero-order valence-electron chi connectivity index (χ0n) is 16.0. The fourth-order valence-corrected chi connectivity index (χ4v) is 4.07. The van der Waals surface area contributed by atoms with Crippen molar-refractivity contribution < 1.29 is 19.5 Å². The van der Waals surface area contributed by atoms with Crippen LogP contribution in [0.5, 0.6) is 0 Å². The molecule has 0 fully saturated rings. The molecular weight excluding hydrogens is 406 g/mol. The van der Waals surface area contributed by atoms with Crippen LogP contribution >= 0.6 is 11.6 Å². The summed E-state index contributed by atoms with van der Waals surface area (Å²) < 4.78 is 1.72. The maximum atomic E-state index is 13.5. The fraction of sp³-hybridized carbons (Fsp3) is 0.182. The molecular formula is C22H18ClN3O4. The third-order valence-electron chi connectivity index (χ3n) is 5.23. The number of rotatable bonds is 5. The molecule has 1 aliphatic heterocycles. The van der Waals surface area contributed by atoms with Crippen LogP contribution in [0.4, 0.5) is 0 Å². The van der Waals surface area contributed by atoms with E-state index in [0.29, 0.717) is 27.5 Å². The van der Waals surface area contributed by atoms with E-state index in [4.69, 9.17) is 11.6 Å². The monoisotopic (exact) mass is 423 g/mol. The lowest BCUT2D eigenvalue weighted by atomic mass is 9.85. The minimum atomic E-state index is -1.12. The summed E-state index contributed by atoms with van der Waals surface area (Å²) in [6.07, 6.45) is 2.88. The van der Waals surface area contributed by atoms with E-state index in [1.54, 1.807) is 72.5 Å². The van der Waals surface area contributed by atoms with Crippen LogP contribution in [-0.4, -0.2) is 37.3 Å². The van der Waals surface area contributed by atoms with Crippen molar-refractivity contribution in [1.82, 2.24) is 14.5 Å². The number of hydrogen-bond donors (Lipinski definition) is 1. The number of carbonyl (C=O) groups excluding carboxylic acids is 2. The van der Waals surface area contributed by atoms with Gasteiger partial charge in [0.25, 0.3) is 5.91 Å². The summed E-state index contributed by atoms with van der Waals surface area (Å²) in [6, 6.07) is 12.6. The van der Waals surface area contributed by atoms with Gasteiger partial charge in [-0.05, 0) is 29.3 Å². The summed E-state index contributed by atoms with van der Waals surface area (Å²) in [5.41, 5.74) is 1.34. The van der Waals surface area contributed by atoms with E-state index in [1.165, 1.54) is 0 Å². The van der Waals surface area contributed by atoms with Crippen LogP contribution in [0, 0.1) is 0 Å². The van der Waals surface area contributed by atoms with E-state index in [9.17, 15) is 19.5 Å². The van der Waals surface area contributed by atoms with Gasteiger partial charge in [-0.2, -0.15) is 0 Å². The van der Waals surface area contributed by atoms with Gasteiger partial charge in [0.1, 0.15) is 11.9 Å². The predicted octanol–water partition coefficient (Wildman–Crippen LogP) is 3.40. The number of imide groups is 1. The lowest BCUT2D eigenvalue weighted by Gasteiger charge is -2.37. The van der Waals surface area contributed by atoms with Gasteiger partial charge in [0.2, 0.25) is 5.91 Å². The van der Waals surface area contributed by atoms with Gasteiger partial charge >= 0.3 is 5.97 Å². The second-order valence-electron chi connectivity index (χ2n) is 7.10. The molecule has 152 valence electrons. The summed E-state index contributed by atoms with van der Waals surface area (Å²) >= 11 is 6.19. The average molecular weight is 424 g/mol. The van der Waals surface area contributed by atoms with Gasteiger partial charge in [-0.1, -0.05) is 41.9 Å². The highest BCUT2D eigenvalue weighted by Gasteiger charge is 2.44. The van der Waals surface area contributed by atoms with Gasteiger partial charge in [-0.15, -0.1) is 0 Å². The number of aryl methyl sites for hydroxylation is 1. The molecule has 2 atom stereocenters. The quantitative estimate of drug-likeness (QED) is 0.635. The molecule has 0 saturated heterocycles. The zero-order valence-corrected chi connectivity index (χ0v) is 16.8. The van der Waals surface area contributed by atoms with Crippen LogP contribution in [0.3, 0.4) is 0 Å². The van der Waals surface area contributed by atoms with Crippen molar-refractivity contribution in [3.8, 4) is 0 Å². The first kappa shape index (κ1) is 19.8. The topological polar surface area (TPSA) is 92.5 Å². The number of amides is 2. The summed E-state index contributed by atoms with van der Waals surface area (Å²) in [7, 11) is 1.77. The van der Waals surface area contributed by atoms with Crippen LogP contribution in [0.1, 0.15) is 45.7 Å². The molecule has 4 rings (SSSR count). The average Bonchev–Trinajstić information content (AvgIpc) is 3.13. The highest BCUT2D eigenvalue weighted by molar-refractivity contribution is 6.30. The Bertz CT molecular complexity index is 1160. The van der Waals surface area contributed by atoms with E-state index in [1.807, 2.05) is 0 Å². The molecule has 0 spiro atoms. The Morgan fingerprint density at radius 2 is 1.97 bits per heavy atom. The SMILES string of the molecule is Cn1ccnc1C(c1cccc(Cl)c1)N1C(=O)c2ccccc2C(CC(=O)O)C1=O. The lowest BCUT2D eigenvalue weighted by Crippen LogP contribution is -2.48. The third-order valence-corrected chi connectivity index (χ3v) is 5.46. The number of benzene rings is 2. The van der Waals surface area contributed by atoms with Gasteiger partial charge in [0.05, 0.1) is 12.3 Å². The zero-order chi connectivity index (χ0) is 21.4. The van der Waals surface area contributed by atoms with E-state index < -0.39 is 36.2 Å². The number of carboxylic acids is 1. The Morgan fingerprint density at radius 3 is 2.63 bits per heavy atom. The minimum absolute atomic E-state index is 0.310. The summed E-state index contributed by atoms with van der Waals surface area (Å²) in [5, 5.41) is 9.84.